The second-order valence-corrected chi connectivity index (χ2v) is 9.03. The van der Waals surface area contributed by atoms with Crippen LogP contribution in [0.15, 0.2) is 47.4 Å². The summed E-state index contributed by atoms with van der Waals surface area (Å²) in [7, 11) is -3.70. The number of nitrogens with zero attached hydrogens (tertiary/aromatic N) is 1. The zero-order valence-electron chi connectivity index (χ0n) is 14.2. The number of hydrogen-bond donors (Lipinski definition) is 1. The van der Waals surface area contributed by atoms with Crippen LogP contribution >= 0.6 is 23.2 Å². The molecule has 0 bridgehead atoms. The number of hydrogen-bond acceptors (Lipinski definition) is 3. The van der Waals surface area contributed by atoms with E-state index in [1.165, 1.54) is 22.5 Å². The highest BCUT2D eigenvalue weighted by molar-refractivity contribution is 7.89. The molecule has 0 atom stereocenters. The van der Waals surface area contributed by atoms with Gasteiger partial charge in [0.15, 0.2) is 0 Å². The molecule has 5 nitrogen and oxygen atoms in total. The Balaban J connectivity index is 1.62. The van der Waals surface area contributed by atoms with Crippen molar-refractivity contribution in [3.63, 3.8) is 0 Å². The molecule has 3 rings (SSSR count). The molecular weight excluding hydrogens is 414 g/mol. The summed E-state index contributed by atoms with van der Waals surface area (Å²) < 4.78 is 39.6. The third-order valence-corrected chi connectivity index (χ3v) is 6.93. The van der Waals surface area contributed by atoms with Crippen molar-refractivity contribution in [2.24, 2.45) is 5.92 Å². The summed E-state index contributed by atoms with van der Waals surface area (Å²) in [6, 6.07) is 9.50. The highest BCUT2D eigenvalue weighted by Crippen LogP contribution is 2.28. The minimum Gasteiger partial charge on any atom is -0.325 e. The number of anilines is 1. The van der Waals surface area contributed by atoms with E-state index in [9.17, 15) is 17.6 Å². The summed E-state index contributed by atoms with van der Waals surface area (Å²) in [5.74, 6) is -1.03. The van der Waals surface area contributed by atoms with Crippen molar-refractivity contribution in [2.75, 3.05) is 18.4 Å². The molecule has 0 radical (unpaired) electrons. The van der Waals surface area contributed by atoms with Crippen molar-refractivity contribution in [1.82, 2.24) is 4.31 Å². The summed E-state index contributed by atoms with van der Waals surface area (Å²) in [4.78, 5) is 12.5. The van der Waals surface area contributed by atoms with E-state index in [2.05, 4.69) is 5.32 Å². The van der Waals surface area contributed by atoms with E-state index < -0.39 is 15.8 Å². The van der Waals surface area contributed by atoms with E-state index in [-0.39, 0.29) is 29.8 Å². The lowest BCUT2D eigenvalue weighted by atomic mass is 9.97. The number of carbonyl (C=O) groups is 1. The van der Waals surface area contributed by atoms with Gasteiger partial charge in [0, 0.05) is 24.0 Å². The number of benzene rings is 2. The first-order chi connectivity index (χ1) is 12.8. The Morgan fingerprint density at radius 3 is 2.30 bits per heavy atom. The number of halogens is 3. The number of sulfonamides is 1. The molecule has 1 amide bonds. The lowest BCUT2D eigenvalue weighted by Gasteiger charge is -2.30. The highest BCUT2D eigenvalue weighted by Gasteiger charge is 2.32. The highest BCUT2D eigenvalue weighted by atomic mass is 35.5. The maximum absolute atomic E-state index is 13.0. The fourth-order valence-electron chi connectivity index (χ4n) is 2.94. The van der Waals surface area contributed by atoms with Crippen LogP contribution < -0.4 is 5.32 Å². The third-order valence-electron chi connectivity index (χ3n) is 4.47. The smallest absolute Gasteiger partial charge is 0.243 e. The molecule has 0 aliphatic carbocycles. The van der Waals surface area contributed by atoms with Gasteiger partial charge in [-0.15, -0.1) is 0 Å². The van der Waals surface area contributed by atoms with Crippen LogP contribution in [0.3, 0.4) is 0 Å². The molecule has 2 aromatic rings. The third kappa shape index (κ3) is 4.60. The van der Waals surface area contributed by atoms with Crippen molar-refractivity contribution < 1.29 is 17.6 Å². The molecule has 0 unspecified atom stereocenters. The molecule has 1 N–H and O–H groups in total. The number of amides is 1. The van der Waals surface area contributed by atoms with Crippen LogP contribution in [0.1, 0.15) is 12.8 Å². The molecule has 1 aliphatic heterocycles. The van der Waals surface area contributed by atoms with Crippen LogP contribution in [-0.4, -0.2) is 31.7 Å². The van der Waals surface area contributed by atoms with Gasteiger partial charge in [-0.1, -0.05) is 23.2 Å². The first-order valence-electron chi connectivity index (χ1n) is 8.29. The Hall–Kier alpha value is -1.67. The normalized spacial score (nSPS) is 16.3. The zero-order chi connectivity index (χ0) is 19.6. The minimum atomic E-state index is -3.70. The second-order valence-electron chi connectivity index (χ2n) is 6.25. The Bertz CT molecular complexity index is 944. The van der Waals surface area contributed by atoms with Gasteiger partial charge in [-0.25, -0.2) is 12.8 Å². The molecule has 9 heteroatoms. The Kier molecular flexibility index (Phi) is 6.05. The van der Waals surface area contributed by atoms with Gasteiger partial charge in [-0.3, -0.25) is 4.79 Å². The van der Waals surface area contributed by atoms with Crippen LogP contribution in [0, 0.1) is 11.7 Å². The van der Waals surface area contributed by atoms with Crippen LogP contribution in [0.5, 0.6) is 0 Å². The number of carbonyl (C=O) groups excluding carboxylic acids is 1. The molecule has 2 aromatic carbocycles. The van der Waals surface area contributed by atoms with E-state index in [1.807, 2.05) is 0 Å². The fraction of sp³-hybridized carbons (Fsp3) is 0.278. The molecule has 144 valence electrons. The van der Waals surface area contributed by atoms with Crippen molar-refractivity contribution in [3.05, 3.63) is 58.3 Å². The van der Waals surface area contributed by atoms with Gasteiger partial charge in [0.1, 0.15) is 5.82 Å². The van der Waals surface area contributed by atoms with E-state index in [1.54, 1.807) is 12.1 Å². The maximum atomic E-state index is 13.0. The largest absolute Gasteiger partial charge is 0.325 e. The first-order valence-corrected chi connectivity index (χ1v) is 10.5. The average molecular weight is 431 g/mol. The maximum Gasteiger partial charge on any atom is 0.243 e. The van der Waals surface area contributed by atoms with E-state index >= 15 is 0 Å². The lowest BCUT2D eigenvalue weighted by Crippen LogP contribution is -2.41. The van der Waals surface area contributed by atoms with Gasteiger partial charge in [-0.2, -0.15) is 4.31 Å². The van der Waals surface area contributed by atoms with Crippen molar-refractivity contribution >= 4 is 44.8 Å². The topological polar surface area (TPSA) is 66.5 Å². The van der Waals surface area contributed by atoms with E-state index in [0.717, 1.165) is 12.1 Å². The van der Waals surface area contributed by atoms with E-state index in [0.29, 0.717) is 28.6 Å². The predicted octanol–water partition coefficient (Wildman–Crippen LogP) is 4.17. The summed E-state index contributed by atoms with van der Waals surface area (Å²) in [5, 5.41) is 3.57. The molecule has 1 saturated heterocycles. The minimum absolute atomic E-state index is 0.0414. The van der Waals surface area contributed by atoms with E-state index in [4.69, 9.17) is 23.2 Å². The van der Waals surface area contributed by atoms with Gasteiger partial charge in [-0.05, 0) is 55.3 Å². The van der Waals surface area contributed by atoms with Gasteiger partial charge in [0.2, 0.25) is 15.9 Å². The molecule has 1 aliphatic rings. The van der Waals surface area contributed by atoms with Gasteiger partial charge in [0.25, 0.3) is 0 Å². The summed E-state index contributed by atoms with van der Waals surface area (Å²) in [6.45, 7) is 0.429. The van der Waals surface area contributed by atoms with Gasteiger partial charge >= 0.3 is 0 Å². The standard InChI is InChI=1S/C18H17Cl2FN2O3S/c19-13-1-6-17(16(20)11-13)22-18(24)12-7-9-23(10-8-12)27(25,26)15-4-2-14(21)3-5-15/h1-6,11-12H,7-10H2,(H,22,24). The SMILES string of the molecule is O=C(Nc1ccc(Cl)cc1Cl)C1CCN(S(=O)(=O)c2ccc(F)cc2)CC1. The van der Waals surface area contributed by atoms with Crippen molar-refractivity contribution in [2.45, 2.75) is 17.7 Å². The van der Waals surface area contributed by atoms with Crippen LogP contribution in [0.4, 0.5) is 10.1 Å². The molecular formula is C18H17Cl2FN2O3S. The van der Waals surface area contributed by atoms with Crippen LogP contribution in [-0.2, 0) is 14.8 Å². The summed E-state index contributed by atoms with van der Waals surface area (Å²) >= 11 is 11.9. The first kappa shape index (κ1) is 20.1. The molecule has 0 spiro atoms. The second kappa shape index (κ2) is 8.14. The van der Waals surface area contributed by atoms with Crippen molar-refractivity contribution in [3.8, 4) is 0 Å². The Morgan fingerprint density at radius 1 is 1.07 bits per heavy atom. The Labute approximate surface area is 167 Å². The molecule has 1 fully saturated rings. The monoisotopic (exact) mass is 430 g/mol. The van der Waals surface area contributed by atoms with Crippen LogP contribution in [0.2, 0.25) is 10.0 Å². The van der Waals surface area contributed by atoms with Crippen molar-refractivity contribution in [1.29, 1.82) is 0 Å². The number of piperidine rings is 1. The quantitative estimate of drug-likeness (QED) is 0.790. The predicted molar refractivity (Wildman–Crippen MR) is 103 cm³/mol. The number of rotatable bonds is 4. The fourth-order valence-corrected chi connectivity index (χ4v) is 4.87. The van der Waals surface area contributed by atoms with Gasteiger partial charge in [0.05, 0.1) is 15.6 Å². The Morgan fingerprint density at radius 2 is 1.70 bits per heavy atom. The molecule has 27 heavy (non-hydrogen) atoms. The zero-order valence-corrected chi connectivity index (χ0v) is 16.5. The summed E-state index contributed by atoms with van der Waals surface area (Å²) in [6.07, 6.45) is 0.773. The van der Waals surface area contributed by atoms with Crippen LogP contribution in [0.25, 0.3) is 0 Å². The molecule has 0 saturated carbocycles. The van der Waals surface area contributed by atoms with Gasteiger partial charge < -0.3 is 5.32 Å². The molecule has 1 heterocycles. The average Bonchev–Trinajstić information content (AvgIpc) is 2.64. The lowest BCUT2D eigenvalue weighted by molar-refractivity contribution is -0.120. The summed E-state index contributed by atoms with van der Waals surface area (Å²) in [5.41, 5.74) is 0.465. The number of nitrogens with one attached hydrogen (secondary N) is 1. The molecule has 0 aromatic heterocycles.